The van der Waals surface area contributed by atoms with Crippen LogP contribution in [-0.2, 0) is 20.9 Å². The number of imidazole rings is 2. The van der Waals surface area contributed by atoms with E-state index >= 15 is 0 Å². The van der Waals surface area contributed by atoms with Crippen LogP contribution in [0.5, 0.6) is 0 Å². The van der Waals surface area contributed by atoms with Gasteiger partial charge in [0.15, 0.2) is 0 Å². The number of benzene rings is 2. The Bertz CT molecular complexity index is 1620. The van der Waals surface area contributed by atoms with Crippen molar-refractivity contribution >= 4 is 17.9 Å². The molecular formula is C34H44N8O4. The minimum Gasteiger partial charge on any atom is -0.453 e. The Balaban J connectivity index is 1.44. The summed E-state index contributed by atoms with van der Waals surface area (Å²) < 4.78 is 4.71. The maximum absolute atomic E-state index is 13.2. The fourth-order valence-corrected chi connectivity index (χ4v) is 4.97. The fraction of sp³-hybridized carbons (Fsp3) is 0.382. The normalized spacial score (nSPS) is 12.8. The second-order valence-corrected chi connectivity index (χ2v) is 12.6. The molecule has 0 radical (unpaired) electrons. The molecule has 6 N–H and O–H groups in total. The van der Waals surface area contributed by atoms with E-state index in [1.165, 1.54) is 7.11 Å². The van der Waals surface area contributed by atoms with Crippen molar-refractivity contribution in [3.05, 3.63) is 72.6 Å². The standard InChI is InChI=1S/C34H44N8O4/c1-20(2)29(41-33(45)46-7)32(44)42-30(34(3,4)5)31-38-17-26(40-31)24-14-10-22(11-15-24)21-8-12-23(13-9-21)25-16-36-27(39-25)18-37-28(43)19-35-6/h8-17,20,29-30,35H,18-19H2,1-7H3,(H,36,39)(H,37,43)(H,38,40)(H,41,45)(H,42,44). The van der Waals surface area contributed by atoms with E-state index in [2.05, 4.69) is 65.5 Å². The molecule has 2 unspecified atom stereocenters. The lowest BCUT2D eigenvalue weighted by Gasteiger charge is -2.32. The van der Waals surface area contributed by atoms with Gasteiger partial charge in [-0.2, -0.15) is 0 Å². The average molecular weight is 629 g/mol. The Morgan fingerprint density at radius 1 is 0.826 bits per heavy atom. The smallest absolute Gasteiger partial charge is 0.407 e. The van der Waals surface area contributed by atoms with Gasteiger partial charge < -0.3 is 36.0 Å². The molecule has 4 aromatic rings. The number of carbonyl (C=O) groups excluding carboxylic acids is 3. The van der Waals surface area contributed by atoms with Gasteiger partial charge in [0.25, 0.3) is 0 Å². The Hall–Kier alpha value is -4.97. The van der Waals surface area contributed by atoms with E-state index in [1.54, 1.807) is 19.4 Å². The molecule has 244 valence electrons. The Labute approximate surface area is 269 Å². The van der Waals surface area contributed by atoms with Crippen molar-refractivity contribution in [3.63, 3.8) is 0 Å². The Morgan fingerprint density at radius 2 is 1.37 bits per heavy atom. The van der Waals surface area contributed by atoms with Crippen LogP contribution in [0.2, 0.25) is 0 Å². The van der Waals surface area contributed by atoms with Crippen molar-refractivity contribution in [3.8, 4) is 33.6 Å². The molecule has 4 rings (SSSR count). The summed E-state index contributed by atoms with van der Waals surface area (Å²) in [6.07, 6.45) is 2.87. The summed E-state index contributed by atoms with van der Waals surface area (Å²) in [6.45, 7) is 10.4. The molecule has 12 heteroatoms. The number of amides is 3. The first-order valence-electron chi connectivity index (χ1n) is 15.3. The van der Waals surface area contributed by atoms with E-state index in [0.29, 0.717) is 18.2 Å². The predicted molar refractivity (Wildman–Crippen MR) is 177 cm³/mol. The summed E-state index contributed by atoms with van der Waals surface area (Å²) in [7, 11) is 3.00. The maximum atomic E-state index is 13.2. The molecule has 2 aromatic heterocycles. The molecule has 0 aliphatic heterocycles. The van der Waals surface area contributed by atoms with Crippen LogP contribution in [0.4, 0.5) is 4.79 Å². The predicted octanol–water partition coefficient (Wildman–Crippen LogP) is 4.55. The number of likely N-dealkylation sites (N-methyl/N-ethyl adjacent to an activating group) is 1. The molecule has 0 aliphatic rings. The Kier molecular flexibility index (Phi) is 11.0. The van der Waals surface area contributed by atoms with Crippen LogP contribution in [0.25, 0.3) is 33.6 Å². The van der Waals surface area contributed by atoms with Crippen molar-refractivity contribution in [2.75, 3.05) is 20.7 Å². The van der Waals surface area contributed by atoms with Crippen LogP contribution < -0.4 is 21.3 Å². The highest BCUT2D eigenvalue weighted by Crippen LogP contribution is 2.33. The molecule has 2 aromatic carbocycles. The van der Waals surface area contributed by atoms with Gasteiger partial charge in [0, 0.05) is 0 Å². The second-order valence-electron chi connectivity index (χ2n) is 12.6. The molecule has 0 spiro atoms. The van der Waals surface area contributed by atoms with Gasteiger partial charge in [0.2, 0.25) is 11.8 Å². The number of nitrogens with zero attached hydrogens (tertiary/aromatic N) is 2. The van der Waals surface area contributed by atoms with Gasteiger partial charge in [0.05, 0.1) is 50.0 Å². The van der Waals surface area contributed by atoms with Gasteiger partial charge in [-0.1, -0.05) is 83.1 Å². The summed E-state index contributed by atoms with van der Waals surface area (Å²) in [5.41, 5.74) is 5.41. The van der Waals surface area contributed by atoms with Gasteiger partial charge in [-0.25, -0.2) is 14.8 Å². The number of aromatic nitrogens is 4. The van der Waals surface area contributed by atoms with E-state index in [0.717, 1.165) is 33.6 Å². The highest BCUT2D eigenvalue weighted by Gasteiger charge is 2.34. The van der Waals surface area contributed by atoms with E-state index in [1.807, 2.05) is 58.9 Å². The van der Waals surface area contributed by atoms with Crippen LogP contribution in [0.15, 0.2) is 60.9 Å². The molecule has 12 nitrogen and oxygen atoms in total. The van der Waals surface area contributed by atoms with Crippen molar-refractivity contribution in [1.82, 2.24) is 41.2 Å². The molecule has 2 atom stereocenters. The Morgan fingerprint density at radius 3 is 1.89 bits per heavy atom. The minimum absolute atomic E-state index is 0.0898. The monoisotopic (exact) mass is 628 g/mol. The number of nitrogens with one attached hydrogen (secondary N) is 6. The highest BCUT2D eigenvalue weighted by atomic mass is 16.5. The van der Waals surface area contributed by atoms with Crippen LogP contribution >= 0.6 is 0 Å². The van der Waals surface area contributed by atoms with Crippen LogP contribution in [0.3, 0.4) is 0 Å². The van der Waals surface area contributed by atoms with E-state index in [9.17, 15) is 14.4 Å². The van der Waals surface area contributed by atoms with Crippen molar-refractivity contribution in [2.24, 2.45) is 11.3 Å². The van der Waals surface area contributed by atoms with Crippen LogP contribution in [0.1, 0.15) is 52.3 Å². The number of H-pyrrole nitrogens is 2. The van der Waals surface area contributed by atoms with E-state index < -0.39 is 18.2 Å². The molecule has 46 heavy (non-hydrogen) atoms. The van der Waals surface area contributed by atoms with Gasteiger partial charge >= 0.3 is 6.09 Å². The zero-order valence-electron chi connectivity index (χ0n) is 27.4. The largest absolute Gasteiger partial charge is 0.453 e. The van der Waals surface area contributed by atoms with E-state index in [4.69, 9.17) is 4.74 Å². The van der Waals surface area contributed by atoms with Crippen LogP contribution in [-0.4, -0.2) is 64.6 Å². The maximum Gasteiger partial charge on any atom is 0.407 e. The summed E-state index contributed by atoms with van der Waals surface area (Å²) >= 11 is 0. The summed E-state index contributed by atoms with van der Waals surface area (Å²) in [6, 6.07) is 15.2. The molecule has 0 bridgehead atoms. The lowest BCUT2D eigenvalue weighted by atomic mass is 9.85. The van der Waals surface area contributed by atoms with Crippen molar-refractivity contribution in [1.29, 1.82) is 0 Å². The zero-order chi connectivity index (χ0) is 33.4. The first-order valence-corrected chi connectivity index (χ1v) is 15.3. The van der Waals surface area contributed by atoms with Gasteiger partial charge in [0.1, 0.15) is 17.7 Å². The fourth-order valence-electron chi connectivity index (χ4n) is 4.97. The summed E-state index contributed by atoms with van der Waals surface area (Å²) in [4.78, 5) is 52.4. The number of hydrogen-bond donors (Lipinski definition) is 6. The third-order valence-electron chi connectivity index (χ3n) is 7.57. The first kappa shape index (κ1) is 33.9. The second kappa shape index (κ2) is 14.9. The minimum atomic E-state index is -0.757. The third kappa shape index (κ3) is 8.60. The zero-order valence-corrected chi connectivity index (χ0v) is 27.4. The summed E-state index contributed by atoms with van der Waals surface area (Å²) in [5.74, 6) is 0.767. The lowest BCUT2D eigenvalue weighted by Crippen LogP contribution is -2.52. The van der Waals surface area contributed by atoms with Gasteiger partial charge in [-0.15, -0.1) is 0 Å². The number of alkyl carbamates (subject to hydrolysis) is 1. The van der Waals surface area contributed by atoms with Crippen molar-refractivity contribution < 1.29 is 19.1 Å². The molecule has 0 fully saturated rings. The number of ether oxygens (including phenoxy) is 1. The molecule has 0 aliphatic carbocycles. The van der Waals surface area contributed by atoms with E-state index in [-0.39, 0.29) is 29.7 Å². The van der Waals surface area contributed by atoms with Gasteiger partial charge in [-0.05, 0) is 40.6 Å². The number of rotatable bonds is 12. The highest BCUT2D eigenvalue weighted by molar-refractivity contribution is 5.86. The quantitative estimate of drug-likeness (QED) is 0.134. The number of aromatic amines is 2. The summed E-state index contributed by atoms with van der Waals surface area (Å²) in [5, 5.41) is 11.3. The third-order valence-corrected chi connectivity index (χ3v) is 7.57. The molecule has 3 amide bonds. The number of carbonyl (C=O) groups is 3. The lowest BCUT2D eigenvalue weighted by molar-refractivity contribution is -0.125. The number of hydrogen-bond acceptors (Lipinski definition) is 7. The first-order chi connectivity index (χ1) is 21.9. The topological polar surface area (TPSA) is 166 Å². The SMILES string of the molecule is CNCC(=O)NCc1ncc(-c2ccc(-c3ccc(-c4cnc(C(NC(=O)C(NC(=O)OC)C(C)C)C(C)(C)C)[nH]4)cc3)cc2)[nH]1. The van der Waals surface area contributed by atoms with Gasteiger partial charge in [-0.3, -0.25) is 9.59 Å². The molecular weight excluding hydrogens is 584 g/mol. The van der Waals surface area contributed by atoms with Crippen LogP contribution in [0, 0.1) is 11.3 Å². The molecule has 0 saturated carbocycles. The molecule has 0 saturated heterocycles. The molecule has 2 heterocycles. The average Bonchev–Trinajstić information content (AvgIpc) is 3.71. The van der Waals surface area contributed by atoms with Crippen molar-refractivity contribution in [2.45, 2.75) is 53.2 Å². The number of methoxy groups -OCH3 is 1.